The van der Waals surface area contributed by atoms with Crippen LogP contribution in [0.15, 0.2) is 23.6 Å². The summed E-state index contributed by atoms with van der Waals surface area (Å²) in [6.45, 7) is 3.76. The monoisotopic (exact) mass is 426 g/mol. The number of aromatic nitrogens is 1. The summed E-state index contributed by atoms with van der Waals surface area (Å²) < 4.78 is 0. The van der Waals surface area contributed by atoms with Gasteiger partial charge in [-0.1, -0.05) is 37.0 Å². The Bertz CT molecular complexity index is 1010. The van der Waals surface area contributed by atoms with Crippen LogP contribution in [0.25, 0.3) is 11.3 Å². The van der Waals surface area contributed by atoms with Crippen molar-refractivity contribution < 1.29 is 14.4 Å². The van der Waals surface area contributed by atoms with Crippen molar-refractivity contribution in [2.45, 2.75) is 51.5 Å². The van der Waals surface area contributed by atoms with Gasteiger partial charge in [0.15, 0.2) is 5.13 Å². The van der Waals surface area contributed by atoms with Crippen molar-refractivity contribution in [3.63, 3.8) is 0 Å². The number of carbonyl (C=O) groups excluding carboxylic acids is 3. The van der Waals surface area contributed by atoms with Gasteiger partial charge in [0.2, 0.25) is 5.91 Å². The quantitative estimate of drug-likeness (QED) is 0.750. The summed E-state index contributed by atoms with van der Waals surface area (Å²) in [6.07, 6.45) is 4.24. The van der Waals surface area contributed by atoms with E-state index in [4.69, 9.17) is 0 Å². The Morgan fingerprint density at radius 1 is 1.20 bits per heavy atom. The molecule has 1 saturated heterocycles. The maximum Gasteiger partial charge on any atom is 0.327 e. The first-order chi connectivity index (χ1) is 14.3. The van der Waals surface area contributed by atoms with E-state index in [-0.39, 0.29) is 12.5 Å². The molecule has 7 nitrogen and oxygen atoms in total. The molecule has 1 saturated carbocycles. The van der Waals surface area contributed by atoms with Gasteiger partial charge in [-0.05, 0) is 38.3 Å². The average Bonchev–Trinajstić information content (AvgIpc) is 3.25. The zero-order valence-electron chi connectivity index (χ0n) is 17.5. The van der Waals surface area contributed by atoms with Crippen LogP contribution in [0, 0.1) is 13.8 Å². The molecule has 1 aliphatic heterocycles. The maximum atomic E-state index is 13.0. The van der Waals surface area contributed by atoms with Gasteiger partial charge in [-0.25, -0.2) is 9.78 Å². The van der Waals surface area contributed by atoms with E-state index >= 15 is 0 Å². The molecule has 1 aromatic heterocycles. The smallest absolute Gasteiger partial charge is 0.313 e. The molecule has 1 spiro atoms. The second-order valence-corrected chi connectivity index (χ2v) is 9.09. The van der Waals surface area contributed by atoms with Crippen LogP contribution in [0.2, 0.25) is 0 Å². The largest absolute Gasteiger partial charge is 0.327 e. The SMILES string of the molecule is Cc1ccc(C)c(-c2csc(NC(=O)CN3C(=O)N(C)C4(CCCCC4)C3=O)n2)c1. The Labute approximate surface area is 180 Å². The van der Waals surface area contributed by atoms with Crippen LogP contribution >= 0.6 is 11.3 Å². The van der Waals surface area contributed by atoms with Crippen molar-refractivity contribution in [2.24, 2.45) is 0 Å². The Kier molecular flexibility index (Phi) is 5.36. The van der Waals surface area contributed by atoms with Gasteiger partial charge in [0.1, 0.15) is 12.1 Å². The molecular weight excluding hydrogens is 400 g/mol. The van der Waals surface area contributed by atoms with E-state index in [0.29, 0.717) is 18.0 Å². The second-order valence-electron chi connectivity index (χ2n) is 8.23. The summed E-state index contributed by atoms with van der Waals surface area (Å²) in [5.74, 6) is -0.667. The predicted octanol–water partition coefficient (Wildman–Crippen LogP) is 3.96. The van der Waals surface area contributed by atoms with Crippen LogP contribution in [0.5, 0.6) is 0 Å². The lowest BCUT2D eigenvalue weighted by molar-refractivity contribution is -0.136. The molecule has 1 aliphatic carbocycles. The van der Waals surface area contributed by atoms with Crippen molar-refractivity contribution in [2.75, 3.05) is 18.9 Å². The molecule has 0 unspecified atom stereocenters. The van der Waals surface area contributed by atoms with Gasteiger partial charge < -0.3 is 10.2 Å². The van der Waals surface area contributed by atoms with Crippen LogP contribution in [0.1, 0.15) is 43.2 Å². The maximum absolute atomic E-state index is 13.0. The molecule has 2 aliphatic rings. The zero-order chi connectivity index (χ0) is 21.5. The van der Waals surface area contributed by atoms with E-state index in [2.05, 4.69) is 16.4 Å². The first-order valence-electron chi connectivity index (χ1n) is 10.2. The van der Waals surface area contributed by atoms with Crippen LogP contribution < -0.4 is 5.32 Å². The van der Waals surface area contributed by atoms with Gasteiger partial charge in [0, 0.05) is 18.0 Å². The molecule has 1 N–H and O–H groups in total. The number of anilines is 1. The topological polar surface area (TPSA) is 82.6 Å². The van der Waals surface area contributed by atoms with E-state index in [0.717, 1.165) is 46.5 Å². The third-order valence-electron chi connectivity index (χ3n) is 6.21. The summed E-state index contributed by atoms with van der Waals surface area (Å²) >= 11 is 1.33. The molecule has 158 valence electrons. The number of urea groups is 1. The molecule has 4 amide bonds. The van der Waals surface area contributed by atoms with Gasteiger partial charge in [-0.3, -0.25) is 14.5 Å². The van der Waals surface area contributed by atoms with Crippen LogP contribution in [-0.4, -0.2) is 51.8 Å². The number of hydrogen-bond acceptors (Lipinski definition) is 5. The fourth-order valence-electron chi connectivity index (χ4n) is 4.44. The fraction of sp³-hybridized carbons (Fsp3) is 0.455. The Balaban J connectivity index is 1.45. The second kappa shape index (κ2) is 7.83. The lowest BCUT2D eigenvalue weighted by atomic mass is 9.81. The van der Waals surface area contributed by atoms with Crippen LogP contribution in [0.3, 0.4) is 0 Å². The number of imide groups is 1. The Morgan fingerprint density at radius 2 is 1.93 bits per heavy atom. The van der Waals surface area contributed by atoms with Gasteiger partial charge in [-0.15, -0.1) is 11.3 Å². The molecule has 2 aromatic rings. The first kappa shape index (κ1) is 20.5. The number of rotatable bonds is 4. The van der Waals surface area contributed by atoms with E-state index in [1.54, 1.807) is 7.05 Å². The number of amides is 4. The highest BCUT2D eigenvalue weighted by atomic mass is 32.1. The fourth-order valence-corrected chi connectivity index (χ4v) is 5.17. The lowest BCUT2D eigenvalue weighted by Crippen LogP contribution is -2.49. The average molecular weight is 427 g/mol. The summed E-state index contributed by atoms with van der Waals surface area (Å²) in [6, 6.07) is 5.77. The van der Waals surface area contributed by atoms with Gasteiger partial charge in [-0.2, -0.15) is 0 Å². The standard InChI is InChI=1S/C22H26N4O3S/c1-14-7-8-15(2)16(11-14)17-13-30-20(23-17)24-18(27)12-26-19(28)22(25(3)21(26)29)9-5-4-6-10-22/h7-8,11,13H,4-6,9-10,12H2,1-3H3,(H,23,24,27). The van der Waals surface area contributed by atoms with Crippen molar-refractivity contribution in [1.82, 2.24) is 14.8 Å². The predicted molar refractivity (Wildman–Crippen MR) is 116 cm³/mol. The highest BCUT2D eigenvalue weighted by molar-refractivity contribution is 7.14. The summed E-state index contributed by atoms with van der Waals surface area (Å²) in [4.78, 5) is 45.4. The minimum absolute atomic E-state index is 0.250. The number of hydrogen-bond donors (Lipinski definition) is 1. The molecule has 0 radical (unpaired) electrons. The molecule has 8 heteroatoms. The number of aryl methyl sites for hydroxylation is 2. The Hall–Kier alpha value is -2.74. The van der Waals surface area contributed by atoms with Crippen molar-refractivity contribution in [3.8, 4) is 11.3 Å². The molecule has 0 atom stereocenters. The third-order valence-corrected chi connectivity index (χ3v) is 6.96. The molecule has 1 aromatic carbocycles. The minimum atomic E-state index is -0.771. The number of likely N-dealkylation sites (N-methyl/N-ethyl adjacent to an activating group) is 1. The molecule has 2 fully saturated rings. The van der Waals surface area contributed by atoms with E-state index in [1.165, 1.54) is 16.2 Å². The molecular formula is C22H26N4O3S. The van der Waals surface area contributed by atoms with Crippen molar-refractivity contribution in [3.05, 3.63) is 34.7 Å². The minimum Gasteiger partial charge on any atom is -0.313 e. The highest BCUT2D eigenvalue weighted by Gasteiger charge is 2.55. The van der Waals surface area contributed by atoms with Crippen molar-refractivity contribution >= 4 is 34.3 Å². The van der Waals surface area contributed by atoms with E-state index < -0.39 is 17.5 Å². The highest BCUT2D eigenvalue weighted by Crippen LogP contribution is 2.39. The number of nitrogens with zero attached hydrogens (tertiary/aromatic N) is 3. The summed E-state index contributed by atoms with van der Waals surface area (Å²) in [5, 5.41) is 5.10. The first-order valence-corrected chi connectivity index (χ1v) is 11.1. The van der Waals surface area contributed by atoms with Crippen LogP contribution in [-0.2, 0) is 9.59 Å². The lowest BCUT2D eigenvalue weighted by Gasteiger charge is -2.35. The number of carbonyl (C=O) groups is 3. The van der Waals surface area contributed by atoms with Gasteiger partial charge >= 0.3 is 6.03 Å². The van der Waals surface area contributed by atoms with Gasteiger partial charge in [0.25, 0.3) is 5.91 Å². The third kappa shape index (κ3) is 3.49. The molecule has 0 bridgehead atoms. The number of benzene rings is 1. The summed E-state index contributed by atoms with van der Waals surface area (Å²) in [7, 11) is 1.67. The van der Waals surface area contributed by atoms with Crippen molar-refractivity contribution in [1.29, 1.82) is 0 Å². The van der Waals surface area contributed by atoms with E-state index in [1.807, 2.05) is 31.4 Å². The molecule has 4 rings (SSSR count). The van der Waals surface area contributed by atoms with Crippen LogP contribution in [0.4, 0.5) is 9.93 Å². The number of nitrogens with one attached hydrogen (secondary N) is 1. The molecule has 30 heavy (non-hydrogen) atoms. The zero-order valence-corrected chi connectivity index (χ0v) is 18.3. The Morgan fingerprint density at radius 3 is 2.67 bits per heavy atom. The normalized spacial score (nSPS) is 18.4. The summed E-state index contributed by atoms with van der Waals surface area (Å²) in [5.41, 5.74) is 3.30. The van der Waals surface area contributed by atoms with Gasteiger partial charge in [0.05, 0.1) is 5.69 Å². The number of thiazole rings is 1. The molecule has 2 heterocycles. The van der Waals surface area contributed by atoms with E-state index in [9.17, 15) is 14.4 Å².